The Labute approximate surface area is 115 Å². The third-order valence-corrected chi connectivity index (χ3v) is 3.64. The summed E-state index contributed by atoms with van der Waals surface area (Å²) in [4.78, 5) is 14.1. The summed E-state index contributed by atoms with van der Waals surface area (Å²) in [7, 11) is 0. The molecule has 2 N–H and O–H groups in total. The number of carbonyl (C=O) groups is 1. The molecule has 1 aliphatic heterocycles. The lowest BCUT2D eigenvalue weighted by molar-refractivity contribution is -0.129. The van der Waals surface area contributed by atoms with Gasteiger partial charge < -0.3 is 10.6 Å². The molecule has 1 aromatic carbocycles. The molecule has 1 amide bonds. The normalized spacial score (nSPS) is 24.0. The Kier molecular flexibility index (Phi) is 3.95. The Morgan fingerprint density at radius 3 is 2.47 bits per heavy atom. The van der Waals surface area contributed by atoms with Crippen molar-refractivity contribution in [3.8, 4) is 0 Å². The lowest BCUT2D eigenvalue weighted by Crippen LogP contribution is -2.42. The van der Waals surface area contributed by atoms with E-state index in [4.69, 9.17) is 5.73 Å². The van der Waals surface area contributed by atoms with Crippen LogP contribution in [0.3, 0.4) is 0 Å². The molecule has 2 rings (SSSR count). The number of benzene rings is 1. The summed E-state index contributed by atoms with van der Waals surface area (Å²) in [6, 6.07) is 10.3. The molecule has 19 heavy (non-hydrogen) atoms. The van der Waals surface area contributed by atoms with Crippen molar-refractivity contribution in [1.82, 2.24) is 4.90 Å². The van der Waals surface area contributed by atoms with E-state index in [1.54, 1.807) is 0 Å². The average molecular weight is 260 g/mol. The Bertz CT molecular complexity index is 436. The van der Waals surface area contributed by atoms with E-state index in [-0.39, 0.29) is 23.4 Å². The third-order valence-electron chi connectivity index (χ3n) is 3.64. The third kappa shape index (κ3) is 3.57. The summed E-state index contributed by atoms with van der Waals surface area (Å²) in [5.74, 6) is 0.186. The van der Waals surface area contributed by atoms with Gasteiger partial charge >= 0.3 is 0 Å². The van der Waals surface area contributed by atoms with Crippen molar-refractivity contribution in [2.45, 2.75) is 52.2 Å². The summed E-state index contributed by atoms with van der Waals surface area (Å²) >= 11 is 0. The fourth-order valence-electron chi connectivity index (χ4n) is 2.75. The molecule has 2 atom stereocenters. The Balaban J connectivity index is 2.14. The van der Waals surface area contributed by atoms with Gasteiger partial charge in [0.2, 0.25) is 5.91 Å². The number of rotatable bonds is 3. The summed E-state index contributed by atoms with van der Waals surface area (Å²) < 4.78 is 0. The Hall–Kier alpha value is -1.35. The maximum absolute atomic E-state index is 12.1. The highest BCUT2D eigenvalue weighted by atomic mass is 16.2. The fourth-order valence-corrected chi connectivity index (χ4v) is 2.75. The number of hydrogen-bond acceptors (Lipinski definition) is 2. The molecule has 0 aromatic heterocycles. The van der Waals surface area contributed by atoms with Crippen molar-refractivity contribution in [2.24, 2.45) is 11.1 Å². The molecule has 1 aromatic rings. The van der Waals surface area contributed by atoms with Crippen molar-refractivity contribution in [3.05, 3.63) is 35.9 Å². The second kappa shape index (κ2) is 5.33. The summed E-state index contributed by atoms with van der Waals surface area (Å²) in [5, 5.41) is 0. The monoisotopic (exact) mass is 260 g/mol. The number of amides is 1. The molecular weight excluding hydrogens is 236 g/mol. The zero-order valence-electron chi connectivity index (χ0n) is 12.1. The molecule has 1 fully saturated rings. The smallest absolute Gasteiger partial charge is 0.224 e. The van der Waals surface area contributed by atoms with Gasteiger partial charge in [-0.25, -0.2) is 0 Å². The van der Waals surface area contributed by atoms with Gasteiger partial charge in [0, 0.05) is 25.0 Å². The van der Waals surface area contributed by atoms with Gasteiger partial charge in [0.05, 0.1) is 0 Å². The van der Waals surface area contributed by atoms with Gasteiger partial charge in [-0.15, -0.1) is 0 Å². The highest BCUT2D eigenvalue weighted by Crippen LogP contribution is 2.31. The highest BCUT2D eigenvalue weighted by Gasteiger charge is 2.39. The fraction of sp³-hybridized carbons (Fsp3) is 0.562. The van der Waals surface area contributed by atoms with Crippen molar-refractivity contribution in [1.29, 1.82) is 0 Å². The molecule has 0 spiro atoms. The lowest BCUT2D eigenvalue weighted by atomic mass is 9.86. The number of nitrogens with zero attached hydrogens (tertiary/aromatic N) is 1. The van der Waals surface area contributed by atoms with Gasteiger partial charge in [-0.2, -0.15) is 0 Å². The zero-order chi connectivity index (χ0) is 14.0. The van der Waals surface area contributed by atoms with Crippen LogP contribution >= 0.6 is 0 Å². The van der Waals surface area contributed by atoms with Crippen LogP contribution in [0, 0.1) is 5.41 Å². The largest absolute Gasteiger partial charge is 0.334 e. The summed E-state index contributed by atoms with van der Waals surface area (Å²) in [5.41, 5.74) is 7.51. The molecule has 3 heteroatoms. The van der Waals surface area contributed by atoms with Crippen LogP contribution in [0.25, 0.3) is 0 Å². The standard InChI is InChI=1S/C16H24N2O/c1-16(2,3)10-14-13(17)9-15(19)18(14)11-12-7-5-4-6-8-12/h4-8,13-14H,9-11,17H2,1-3H3. The topological polar surface area (TPSA) is 46.3 Å². The quantitative estimate of drug-likeness (QED) is 0.908. The van der Waals surface area contributed by atoms with Gasteiger partial charge in [-0.1, -0.05) is 51.1 Å². The van der Waals surface area contributed by atoms with E-state index in [2.05, 4.69) is 32.9 Å². The highest BCUT2D eigenvalue weighted by molar-refractivity contribution is 5.80. The minimum Gasteiger partial charge on any atom is -0.334 e. The van der Waals surface area contributed by atoms with Gasteiger partial charge in [-0.3, -0.25) is 4.79 Å². The van der Waals surface area contributed by atoms with Crippen LogP contribution in [0.2, 0.25) is 0 Å². The molecule has 0 aliphatic carbocycles. The first-order valence-corrected chi connectivity index (χ1v) is 6.96. The first-order valence-electron chi connectivity index (χ1n) is 6.96. The average Bonchev–Trinajstić information content (AvgIpc) is 2.56. The second-order valence-electron chi connectivity index (χ2n) is 6.71. The molecule has 1 aliphatic rings. The number of likely N-dealkylation sites (tertiary alicyclic amines) is 1. The van der Waals surface area contributed by atoms with Crippen molar-refractivity contribution < 1.29 is 4.79 Å². The molecule has 0 saturated carbocycles. The van der Waals surface area contributed by atoms with Crippen molar-refractivity contribution in [2.75, 3.05) is 0 Å². The minimum absolute atomic E-state index is 0.0320. The Morgan fingerprint density at radius 2 is 1.89 bits per heavy atom. The maximum atomic E-state index is 12.1. The molecule has 1 heterocycles. The van der Waals surface area contributed by atoms with E-state index in [1.807, 2.05) is 23.1 Å². The molecule has 0 radical (unpaired) electrons. The van der Waals surface area contributed by atoms with E-state index in [1.165, 1.54) is 5.56 Å². The van der Waals surface area contributed by atoms with Crippen LogP contribution in [0.4, 0.5) is 0 Å². The van der Waals surface area contributed by atoms with Gasteiger partial charge in [0.25, 0.3) is 0 Å². The van der Waals surface area contributed by atoms with Gasteiger partial charge in [-0.05, 0) is 17.4 Å². The molecule has 104 valence electrons. The van der Waals surface area contributed by atoms with Crippen molar-refractivity contribution in [3.63, 3.8) is 0 Å². The summed E-state index contributed by atoms with van der Waals surface area (Å²) in [6.07, 6.45) is 1.43. The van der Waals surface area contributed by atoms with E-state index in [0.717, 1.165) is 6.42 Å². The predicted molar refractivity (Wildman–Crippen MR) is 77.4 cm³/mol. The van der Waals surface area contributed by atoms with Gasteiger partial charge in [0.1, 0.15) is 0 Å². The molecule has 2 unspecified atom stereocenters. The van der Waals surface area contributed by atoms with Crippen molar-refractivity contribution >= 4 is 5.91 Å². The van der Waals surface area contributed by atoms with Crippen LogP contribution < -0.4 is 5.73 Å². The predicted octanol–water partition coefficient (Wildman–Crippen LogP) is 2.55. The number of nitrogens with two attached hydrogens (primary N) is 1. The van der Waals surface area contributed by atoms with Crippen LogP contribution in [0.1, 0.15) is 39.2 Å². The van der Waals surface area contributed by atoms with E-state index in [0.29, 0.717) is 13.0 Å². The summed E-state index contributed by atoms with van der Waals surface area (Å²) in [6.45, 7) is 7.27. The maximum Gasteiger partial charge on any atom is 0.224 e. The Morgan fingerprint density at radius 1 is 1.26 bits per heavy atom. The lowest BCUT2D eigenvalue weighted by Gasteiger charge is -2.32. The molecular formula is C16H24N2O. The number of hydrogen-bond donors (Lipinski definition) is 1. The molecule has 0 bridgehead atoms. The van der Waals surface area contributed by atoms with Crippen LogP contribution in [0.15, 0.2) is 30.3 Å². The number of carbonyl (C=O) groups excluding carboxylic acids is 1. The van der Waals surface area contributed by atoms with E-state index >= 15 is 0 Å². The van der Waals surface area contributed by atoms with Crippen LogP contribution in [-0.2, 0) is 11.3 Å². The minimum atomic E-state index is -0.0320. The molecule has 1 saturated heterocycles. The van der Waals surface area contributed by atoms with Crippen LogP contribution in [-0.4, -0.2) is 22.9 Å². The second-order valence-corrected chi connectivity index (χ2v) is 6.71. The van der Waals surface area contributed by atoms with Crippen LogP contribution in [0.5, 0.6) is 0 Å². The SMILES string of the molecule is CC(C)(C)CC1C(N)CC(=O)N1Cc1ccccc1. The van der Waals surface area contributed by atoms with E-state index in [9.17, 15) is 4.79 Å². The zero-order valence-corrected chi connectivity index (χ0v) is 12.1. The molecule has 3 nitrogen and oxygen atoms in total. The first kappa shape index (κ1) is 14.1. The first-order chi connectivity index (χ1) is 8.87. The van der Waals surface area contributed by atoms with E-state index < -0.39 is 0 Å². The van der Waals surface area contributed by atoms with Gasteiger partial charge in [0.15, 0.2) is 0 Å².